The smallest absolute Gasteiger partial charge is 0.123 e. The summed E-state index contributed by atoms with van der Waals surface area (Å²) in [5, 5.41) is 9.38. The van der Waals surface area contributed by atoms with Crippen LogP contribution in [0.25, 0.3) is 0 Å². The van der Waals surface area contributed by atoms with Gasteiger partial charge in [-0.2, -0.15) is 0 Å². The quantitative estimate of drug-likeness (QED) is 0.809. The minimum absolute atomic E-state index is 0.160. The Labute approximate surface area is 143 Å². The van der Waals surface area contributed by atoms with E-state index in [1.165, 1.54) is 11.1 Å². The lowest BCUT2D eigenvalue weighted by molar-refractivity contribution is 0.190. The molecule has 0 unspecified atom stereocenters. The van der Waals surface area contributed by atoms with Crippen molar-refractivity contribution in [2.45, 2.75) is 19.4 Å². The van der Waals surface area contributed by atoms with Gasteiger partial charge in [0.05, 0.1) is 20.3 Å². The SMILES string of the molecule is COc1ccccc1CN(CCO)CCc1ccc2c(c1)CCO2. The fourth-order valence-corrected chi connectivity index (χ4v) is 3.17. The van der Waals surface area contributed by atoms with Crippen LogP contribution >= 0.6 is 0 Å². The predicted molar refractivity (Wildman–Crippen MR) is 94.7 cm³/mol. The summed E-state index contributed by atoms with van der Waals surface area (Å²) in [6, 6.07) is 14.5. The molecule has 0 bridgehead atoms. The zero-order chi connectivity index (χ0) is 16.8. The maximum Gasteiger partial charge on any atom is 0.123 e. The molecule has 24 heavy (non-hydrogen) atoms. The van der Waals surface area contributed by atoms with Crippen molar-refractivity contribution in [2.24, 2.45) is 0 Å². The number of hydrogen-bond donors (Lipinski definition) is 1. The first-order valence-corrected chi connectivity index (χ1v) is 8.50. The highest BCUT2D eigenvalue weighted by molar-refractivity contribution is 5.40. The topological polar surface area (TPSA) is 41.9 Å². The highest BCUT2D eigenvalue weighted by Crippen LogP contribution is 2.26. The summed E-state index contributed by atoms with van der Waals surface area (Å²) in [4.78, 5) is 2.27. The van der Waals surface area contributed by atoms with Crippen LogP contribution in [-0.4, -0.2) is 43.4 Å². The second-order valence-electron chi connectivity index (χ2n) is 6.10. The van der Waals surface area contributed by atoms with Gasteiger partial charge < -0.3 is 14.6 Å². The number of methoxy groups -OCH3 is 1. The van der Waals surface area contributed by atoms with E-state index in [9.17, 15) is 5.11 Å². The monoisotopic (exact) mass is 327 g/mol. The maximum absolute atomic E-state index is 9.38. The molecule has 4 heteroatoms. The molecule has 0 fully saturated rings. The molecule has 2 aromatic rings. The van der Waals surface area contributed by atoms with Crippen molar-refractivity contribution in [1.82, 2.24) is 4.90 Å². The fourth-order valence-electron chi connectivity index (χ4n) is 3.17. The van der Waals surface area contributed by atoms with Gasteiger partial charge in [-0.3, -0.25) is 4.90 Å². The molecule has 0 atom stereocenters. The molecule has 0 radical (unpaired) electrons. The third-order valence-corrected chi connectivity index (χ3v) is 4.47. The molecule has 0 amide bonds. The molecule has 0 saturated heterocycles. The average molecular weight is 327 g/mol. The van der Waals surface area contributed by atoms with E-state index in [0.717, 1.165) is 49.6 Å². The molecular weight excluding hydrogens is 302 g/mol. The standard InChI is InChI=1S/C20H25NO3/c1-23-19-5-3-2-4-18(19)15-21(11-12-22)10-8-16-6-7-20-17(14-16)9-13-24-20/h2-7,14,22H,8-13,15H2,1H3. The maximum atomic E-state index is 9.38. The first kappa shape index (κ1) is 16.8. The van der Waals surface area contributed by atoms with Gasteiger partial charge in [-0.15, -0.1) is 0 Å². The van der Waals surface area contributed by atoms with Gasteiger partial charge in [0, 0.05) is 31.6 Å². The number of nitrogens with zero attached hydrogens (tertiary/aromatic N) is 1. The molecule has 1 aliphatic heterocycles. The zero-order valence-electron chi connectivity index (χ0n) is 14.2. The number of ether oxygens (including phenoxy) is 2. The van der Waals surface area contributed by atoms with Gasteiger partial charge in [-0.05, 0) is 29.7 Å². The molecule has 1 N–H and O–H groups in total. The van der Waals surface area contributed by atoms with E-state index in [1.54, 1.807) is 7.11 Å². The Kier molecular flexibility index (Phi) is 5.72. The zero-order valence-corrected chi connectivity index (χ0v) is 14.2. The minimum atomic E-state index is 0.160. The number of rotatable bonds is 8. The van der Waals surface area contributed by atoms with Gasteiger partial charge in [0.1, 0.15) is 11.5 Å². The molecule has 4 nitrogen and oxygen atoms in total. The Hall–Kier alpha value is -2.04. The molecule has 3 rings (SSSR count). The Morgan fingerprint density at radius 1 is 1.17 bits per heavy atom. The third kappa shape index (κ3) is 4.08. The molecule has 0 aromatic heterocycles. The number of benzene rings is 2. The van der Waals surface area contributed by atoms with E-state index in [1.807, 2.05) is 18.2 Å². The van der Waals surface area contributed by atoms with Crippen molar-refractivity contribution in [1.29, 1.82) is 0 Å². The number of hydrogen-bond acceptors (Lipinski definition) is 4. The van der Waals surface area contributed by atoms with Gasteiger partial charge in [0.15, 0.2) is 0 Å². The Balaban J connectivity index is 1.63. The third-order valence-electron chi connectivity index (χ3n) is 4.47. The molecule has 1 heterocycles. The van der Waals surface area contributed by atoms with Crippen molar-refractivity contribution in [3.63, 3.8) is 0 Å². The molecule has 1 aliphatic rings. The molecular formula is C20H25NO3. The molecule has 0 aliphatic carbocycles. The van der Waals surface area contributed by atoms with Crippen LogP contribution < -0.4 is 9.47 Å². The first-order chi connectivity index (χ1) is 11.8. The summed E-state index contributed by atoms with van der Waals surface area (Å²) in [5.74, 6) is 1.93. The van der Waals surface area contributed by atoms with Gasteiger partial charge >= 0.3 is 0 Å². The lowest BCUT2D eigenvalue weighted by Crippen LogP contribution is -2.29. The van der Waals surface area contributed by atoms with Crippen molar-refractivity contribution < 1.29 is 14.6 Å². The van der Waals surface area contributed by atoms with Crippen molar-refractivity contribution in [2.75, 3.05) is 33.4 Å². The van der Waals surface area contributed by atoms with Crippen molar-refractivity contribution in [3.05, 3.63) is 59.2 Å². The summed E-state index contributed by atoms with van der Waals surface area (Å²) in [7, 11) is 1.70. The Morgan fingerprint density at radius 3 is 2.88 bits per heavy atom. The largest absolute Gasteiger partial charge is 0.496 e. The number of aliphatic hydroxyl groups is 1. The number of aliphatic hydroxyl groups excluding tert-OH is 1. The van der Waals surface area contributed by atoms with Gasteiger partial charge in [-0.25, -0.2) is 0 Å². The van der Waals surface area contributed by atoms with E-state index >= 15 is 0 Å². The number of fused-ring (bicyclic) bond motifs is 1. The minimum Gasteiger partial charge on any atom is -0.496 e. The second-order valence-corrected chi connectivity index (χ2v) is 6.10. The average Bonchev–Trinajstić information content (AvgIpc) is 3.08. The van der Waals surface area contributed by atoms with Crippen LogP contribution in [0.1, 0.15) is 16.7 Å². The van der Waals surface area contributed by atoms with Gasteiger partial charge in [0.25, 0.3) is 0 Å². The van der Waals surface area contributed by atoms with Crippen molar-refractivity contribution in [3.8, 4) is 11.5 Å². The summed E-state index contributed by atoms with van der Waals surface area (Å²) in [5.41, 5.74) is 3.78. The molecule has 0 spiro atoms. The second kappa shape index (κ2) is 8.18. The Bertz CT molecular complexity index is 672. The lowest BCUT2D eigenvalue weighted by Gasteiger charge is -2.22. The van der Waals surface area contributed by atoms with Crippen LogP contribution in [-0.2, 0) is 19.4 Å². The molecule has 0 saturated carbocycles. The summed E-state index contributed by atoms with van der Waals surface area (Å²) in [6.45, 7) is 3.29. The van der Waals surface area contributed by atoms with E-state index in [4.69, 9.17) is 9.47 Å². The van der Waals surface area contributed by atoms with E-state index in [2.05, 4.69) is 29.2 Å². The van der Waals surface area contributed by atoms with Crippen LogP contribution in [0, 0.1) is 0 Å². The first-order valence-electron chi connectivity index (χ1n) is 8.50. The fraction of sp³-hybridized carbons (Fsp3) is 0.400. The van der Waals surface area contributed by atoms with Crippen LogP contribution in [0.4, 0.5) is 0 Å². The van der Waals surface area contributed by atoms with Crippen LogP contribution in [0.5, 0.6) is 11.5 Å². The molecule has 2 aromatic carbocycles. The number of para-hydroxylation sites is 1. The van der Waals surface area contributed by atoms with E-state index in [0.29, 0.717) is 6.54 Å². The highest BCUT2D eigenvalue weighted by atomic mass is 16.5. The van der Waals surface area contributed by atoms with Crippen LogP contribution in [0.3, 0.4) is 0 Å². The normalized spacial score (nSPS) is 13.0. The van der Waals surface area contributed by atoms with Gasteiger partial charge in [-0.1, -0.05) is 30.3 Å². The lowest BCUT2D eigenvalue weighted by atomic mass is 10.1. The van der Waals surface area contributed by atoms with Crippen LogP contribution in [0.15, 0.2) is 42.5 Å². The van der Waals surface area contributed by atoms with Gasteiger partial charge in [0.2, 0.25) is 0 Å². The van der Waals surface area contributed by atoms with E-state index < -0.39 is 0 Å². The summed E-state index contributed by atoms with van der Waals surface area (Å²) in [6.07, 6.45) is 1.97. The summed E-state index contributed by atoms with van der Waals surface area (Å²) < 4.78 is 11.0. The van der Waals surface area contributed by atoms with Crippen molar-refractivity contribution >= 4 is 0 Å². The Morgan fingerprint density at radius 2 is 2.04 bits per heavy atom. The predicted octanol–water partition coefficient (Wildman–Crippen LogP) is 2.67. The molecule has 128 valence electrons. The summed E-state index contributed by atoms with van der Waals surface area (Å²) >= 11 is 0. The van der Waals surface area contributed by atoms with E-state index in [-0.39, 0.29) is 6.61 Å². The highest BCUT2D eigenvalue weighted by Gasteiger charge is 2.13. The van der Waals surface area contributed by atoms with Crippen LogP contribution in [0.2, 0.25) is 0 Å².